The van der Waals surface area contributed by atoms with Crippen LogP contribution in [0.4, 0.5) is 0 Å². The van der Waals surface area contributed by atoms with Gasteiger partial charge in [0.1, 0.15) is 5.75 Å². The molecule has 3 saturated heterocycles. The lowest BCUT2D eigenvalue weighted by Crippen LogP contribution is -2.70. The fraction of sp³-hybridized carbons (Fsp3) is 0.552. The van der Waals surface area contributed by atoms with E-state index in [-0.39, 0.29) is 23.2 Å². The molecule has 178 valence electrons. The molecule has 4 bridgehead atoms. The summed E-state index contributed by atoms with van der Waals surface area (Å²) in [7, 11) is 1.94. The molecule has 1 amide bonds. The maximum atomic E-state index is 13.3. The maximum absolute atomic E-state index is 13.3. The molecule has 5 heteroatoms. The van der Waals surface area contributed by atoms with Crippen LogP contribution in [0.3, 0.4) is 0 Å². The second-order valence-electron chi connectivity index (χ2n) is 11.6. The molecule has 4 unspecified atom stereocenters. The van der Waals surface area contributed by atoms with Crippen molar-refractivity contribution in [3.05, 3.63) is 65.2 Å². The van der Waals surface area contributed by atoms with Gasteiger partial charge in [0.2, 0.25) is 0 Å². The second-order valence-corrected chi connectivity index (χ2v) is 11.6. The number of ether oxygens (including phenoxy) is 1. The lowest BCUT2D eigenvalue weighted by Gasteiger charge is -2.61. The molecule has 0 aromatic heterocycles. The summed E-state index contributed by atoms with van der Waals surface area (Å²) >= 11 is 0. The van der Waals surface area contributed by atoms with Gasteiger partial charge in [0, 0.05) is 25.1 Å². The molecule has 3 heterocycles. The summed E-state index contributed by atoms with van der Waals surface area (Å²) < 4.78 is 7.06. The second kappa shape index (κ2) is 7.32. The van der Waals surface area contributed by atoms with Crippen LogP contribution in [0.15, 0.2) is 48.5 Å². The van der Waals surface area contributed by atoms with E-state index in [4.69, 9.17) is 4.74 Å². The number of hydrogen-bond acceptors (Lipinski definition) is 4. The first kappa shape index (κ1) is 21.0. The molecule has 2 aliphatic carbocycles. The number of benzene rings is 2. The Morgan fingerprint density at radius 3 is 2.76 bits per heavy atom. The average molecular weight is 459 g/mol. The summed E-state index contributed by atoms with van der Waals surface area (Å²) in [6.45, 7) is 2.93. The molecular weight excluding hydrogens is 424 g/mol. The number of fused-ring (bicyclic) bond motifs is 4. The first-order valence-electron chi connectivity index (χ1n) is 13.1. The minimum atomic E-state index is -0.320. The maximum Gasteiger partial charge on any atom is 0.253 e. The Hall–Kier alpha value is -2.37. The predicted octanol–water partition coefficient (Wildman–Crippen LogP) is 4.21. The van der Waals surface area contributed by atoms with E-state index < -0.39 is 0 Å². The SMILES string of the molecule is CN(C[C@]12CCC(O1)C13Cc4ccc(O)cc4C(CCN1CC1CC1)C32)C(=O)c1ccccc1. The standard InChI is InChI=1S/C29H34N2O3/c1-30(27(33)20-5-3-2-4-6-20)18-28-13-11-25(34-28)29-16-21-9-10-22(32)15-24(21)23(26(28)29)12-14-31(29)17-19-7-8-19/h2-6,9-10,15,19,23,25-26,32H,7-8,11-14,16-18H2,1H3/t23?,25?,26?,28-,29?/m0/s1. The first-order valence-corrected chi connectivity index (χ1v) is 13.1. The van der Waals surface area contributed by atoms with Crippen molar-refractivity contribution in [1.82, 2.24) is 9.80 Å². The van der Waals surface area contributed by atoms with Crippen LogP contribution in [0.2, 0.25) is 0 Å². The summed E-state index contributed by atoms with van der Waals surface area (Å²) in [5, 5.41) is 10.3. The van der Waals surface area contributed by atoms with Gasteiger partial charge in [-0.3, -0.25) is 9.69 Å². The number of likely N-dealkylation sites (N-methyl/N-ethyl adjacent to an activating group) is 1. The van der Waals surface area contributed by atoms with Gasteiger partial charge in [-0.1, -0.05) is 24.3 Å². The Morgan fingerprint density at radius 2 is 1.97 bits per heavy atom. The van der Waals surface area contributed by atoms with Gasteiger partial charge >= 0.3 is 0 Å². The Morgan fingerprint density at radius 1 is 1.15 bits per heavy atom. The van der Waals surface area contributed by atoms with Gasteiger partial charge in [-0.2, -0.15) is 0 Å². The van der Waals surface area contributed by atoms with Gasteiger partial charge in [-0.05, 0) is 92.3 Å². The molecule has 1 saturated carbocycles. The zero-order chi connectivity index (χ0) is 23.1. The highest BCUT2D eigenvalue weighted by Gasteiger charge is 2.73. The smallest absolute Gasteiger partial charge is 0.253 e. The summed E-state index contributed by atoms with van der Waals surface area (Å²) in [4.78, 5) is 18.0. The first-order chi connectivity index (χ1) is 16.5. The largest absolute Gasteiger partial charge is 0.508 e. The van der Waals surface area contributed by atoms with E-state index in [2.05, 4.69) is 11.0 Å². The Labute approximate surface area is 201 Å². The van der Waals surface area contributed by atoms with Crippen LogP contribution in [-0.4, -0.2) is 64.7 Å². The highest BCUT2D eigenvalue weighted by molar-refractivity contribution is 5.94. The number of nitrogens with zero attached hydrogens (tertiary/aromatic N) is 2. The van der Waals surface area contributed by atoms with Crippen molar-refractivity contribution in [3.8, 4) is 5.75 Å². The Bertz CT molecular complexity index is 1130. The molecule has 4 fully saturated rings. The number of amides is 1. The van der Waals surface area contributed by atoms with Gasteiger partial charge in [-0.15, -0.1) is 0 Å². The lowest BCUT2D eigenvalue weighted by atomic mass is 9.52. The van der Waals surface area contributed by atoms with E-state index in [9.17, 15) is 9.90 Å². The predicted molar refractivity (Wildman–Crippen MR) is 130 cm³/mol. The third kappa shape index (κ3) is 2.89. The van der Waals surface area contributed by atoms with Crippen LogP contribution in [0.1, 0.15) is 59.5 Å². The van der Waals surface area contributed by atoms with Gasteiger partial charge in [-0.25, -0.2) is 0 Å². The molecule has 3 aliphatic heterocycles. The zero-order valence-electron chi connectivity index (χ0n) is 20.0. The fourth-order valence-electron chi connectivity index (χ4n) is 8.22. The molecule has 34 heavy (non-hydrogen) atoms. The Balaban J connectivity index is 1.29. The van der Waals surface area contributed by atoms with E-state index in [0.29, 0.717) is 24.1 Å². The van der Waals surface area contributed by atoms with Crippen LogP contribution in [0.25, 0.3) is 0 Å². The summed E-state index contributed by atoms with van der Waals surface area (Å²) in [6, 6.07) is 15.6. The number of rotatable bonds is 5. The van der Waals surface area contributed by atoms with Gasteiger partial charge < -0.3 is 14.7 Å². The molecule has 2 aromatic rings. The third-order valence-corrected chi connectivity index (χ3v) is 9.62. The van der Waals surface area contributed by atoms with Gasteiger partial charge in [0.15, 0.2) is 0 Å². The van der Waals surface area contributed by atoms with Crippen molar-refractivity contribution in [2.75, 3.05) is 26.7 Å². The number of phenolic OH excluding ortho intramolecular Hbond substituents is 1. The molecule has 0 spiro atoms. The number of phenols is 1. The van der Waals surface area contributed by atoms with Crippen molar-refractivity contribution in [2.45, 2.75) is 61.7 Å². The third-order valence-electron chi connectivity index (χ3n) is 9.62. The lowest BCUT2D eigenvalue weighted by molar-refractivity contribution is -0.0598. The van der Waals surface area contributed by atoms with Crippen molar-refractivity contribution in [2.24, 2.45) is 11.8 Å². The normalized spacial score (nSPS) is 35.6. The van der Waals surface area contributed by atoms with Crippen LogP contribution in [-0.2, 0) is 11.2 Å². The summed E-state index contributed by atoms with van der Waals surface area (Å²) in [5.74, 6) is 1.99. The van der Waals surface area contributed by atoms with E-state index in [1.165, 1.54) is 30.5 Å². The van der Waals surface area contributed by atoms with Crippen molar-refractivity contribution in [1.29, 1.82) is 0 Å². The van der Waals surface area contributed by atoms with Crippen LogP contribution < -0.4 is 0 Å². The van der Waals surface area contributed by atoms with Crippen LogP contribution >= 0.6 is 0 Å². The number of hydrogen-bond donors (Lipinski definition) is 1. The number of likely N-dealkylation sites (tertiary alicyclic amines) is 1. The summed E-state index contributed by atoms with van der Waals surface area (Å²) in [5.41, 5.74) is 3.14. The van der Waals surface area contributed by atoms with E-state index in [1.807, 2.05) is 54.4 Å². The summed E-state index contributed by atoms with van der Waals surface area (Å²) in [6.07, 6.45) is 7.12. The fourth-order valence-corrected chi connectivity index (χ4v) is 8.22. The van der Waals surface area contributed by atoms with Crippen molar-refractivity contribution < 1.29 is 14.6 Å². The monoisotopic (exact) mass is 458 g/mol. The van der Waals surface area contributed by atoms with Gasteiger partial charge in [0.25, 0.3) is 5.91 Å². The number of aromatic hydroxyl groups is 1. The quantitative estimate of drug-likeness (QED) is 0.730. The minimum Gasteiger partial charge on any atom is -0.508 e. The van der Waals surface area contributed by atoms with Crippen LogP contribution in [0, 0.1) is 11.8 Å². The topological polar surface area (TPSA) is 53.0 Å². The van der Waals surface area contributed by atoms with Crippen LogP contribution in [0.5, 0.6) is 5.75 Å². The minimum absolute atomic E-state index is 0.0182. The molecule has 5 atom stereocenters. The molecule has 7 rings (SSSR count). The molecule has 5 nitrogen and oxygen atoms in total. The number of carbonyl (C=O) groups excluding carboxylic acids is 1. The van der Waals surface area contributed by atoms with Crippen molar-refractivity contribution >= 4 is 5.91 Å². The van der Waals surface area contributed by atoms with E-state index in [1.54, 1.807) is 0 Å². The number of carbonyl (C=O) groups is 1. The highest BCUT2D eigenvalue weighted by Crippen LogP contribution is 2.66. The molecular formula is C29H34N2O3. The molecule has 5 aliphatic rings. The zero-order valence-corrected chi connectivity index (χ0v) is 20.0. The molecule has 0 radical (unpaired) electrons. The molecule has 1 N–H and O–H groups in total. The highest BCUT2D eigenvalue weighted by atomic mass is 16.5. The number of piperidine rings is 1. The average Bonchev–Trinajstić information content (AvgIpc) is 3.50. The Kier molecular flexibility index (Phi) is 4.51. The van der Waals surface area contributed by atoms with E-state index in [0.717, 1.165) is 43.7 Å². The van der Waals surface area contributed by atoms with E-state index >= 15 is 0 Å². The van der Waals surface area contributed by atoms with Gasteiger partial charge in [0.05, 0.1) is 23.8 Å². The molecule has 2 aromatic carbocycles. The van der Waals surface area contributed by atoms with Crippen molar-refractivity contribution in [3.63, 3.8) is 0 Å².